The second kappa shape index (κ2) is 5.28. The van der Waals surface area contributed by atoms with Crippen LogP contribution < -0.4 is 0 Å². The molecule has 1 aliphatic rings. The van der Waals surface area contributed by atoms with Crippen molar-refractivity contribution in [1.82, 2.24) is 9.88 Å². The zero-order valence-electron chi connectivity index (χ0n) is 9.07. The lowest BCUT2D eigenvalue weighted by atomic mass is 10.2. The monoisotopic (exact) mass is 280 g/mol. The molecule has 5 nitrogen and oxygen atoms in total. The molecule has 92 valence electrons. The molecular weight excluding hydrogens is 272 g/mol. The Hall–Kier alpha value is -1.73. The Morgan fingerprint density at radius 2 is 2.39 bits per heavy atom. The lowest BCUT2D eigenvalue weighted by molar-refractivity contribution is -0.140. The number of pyridine rings is 1. The number of aromatic nitrogens is 1. The predicted molar refractivity (Wildman–Crippen MR) is 71.8 cm³/mol. The smallest absolute Gasteiger partial charge is 0.323 e. The van der Waals surface area contributed by atoms with Crippen molar-refractivity contribution in [2.45, 2.75) is 0 Å². The zero-order chi connectivity index (χ0) is 13.1. The van der Waals surface area contributed by atoms with E-state index in [0.29, 0.717) is 4.91 Å². The molecule has 1 fully saturated rings. The number of amides is 1. The van der Waals surface area contributed by atoms with Gasteiger partial charge in [0.1, 0.15) is 10.9 Å². The first-order valence-electron chi connectivity index (χ1n) is 4.95. The van der Waals surface area contributed by atoms with Gasteiger partial charge in [0.15, 0.2) is 0 Å². The van der Waals surface area contributed by atoms with Crippen molar-refractivity contribution in [2.75, 3.05) is 6.54 Å². The first kappa shape index (κ1) is 12.7. The van der Waals surface area contributed by atoms with E-state index < -0.39 is 12.5 Å². The second-order valence-electron chi connectivity index (χ2n) is 3.45. The molecule has 1 aromatic rings. The number of carboxylic acid groups (broad SMARTS) is 1. The number of thiocarbonyl (C=S) groups is 1. The number of hydrogen-bond donors (Lipinski definition) is 1. The van der Waals surface area contributed by atoms with Crippen molar-refractivity contribution in [1.29, 1.82) is 0 Å². The van der Waals surface area contributed by atoms with Crippen LogP contribution in [-0.2, 0) is 9.59 Å². The van der Waals surface area contributed by atoms with Crippen LogP contribution in [0.15, 0.2) is 29.4 Å². The number of hydrogen-bond acceptors (Lipinski definition) is 5. The zero-order valence-corrected chi connectivity index (χ0v) is 10.7. The van der Waals surface area contributed by atoms with E-state index in [1.807, 2.05) is 0 Å². The fourth-order valence-electron chi connectivity index (χ4n) is 1.38. The van der Waals surface area contributed by atoms with Crippen LogP contribution in [0.3, 0.4) is 0 Å². The molecular formula is C11H8N2O3S2. The van der Waals surface area contributed by atoms with Crippen LogP contribution in [0.4, 0.5) is 0 Å². The van der Waals surface area contributed by atoms with Crippen LogP contribution in [0.5, 0.6) is 0 Å². The van der Waals surface area contributed by atoms with Crippen molar-refractivity contribution in [2.24, 2.45) is 0 Å². The molecule has 1 N–H and O–H groups in total. The van der Waals surface area contributed by atoms with E-state index in [2.05, 4.69) is 4.98 Å². The van der Waals surface area contributed by atoms with Crippen molar-refractivity contribution in [3.63, 3.8) is 0 Å². The third-order valence-electron chi connectivity index (χ3n) is 2.15. The molecule has 18 heavy (non-hydrogen) atoms. The molecule has 0 radical (unpaired) electrons. The maximum absolute atomic E-state index is 11.9. The Bertz CT molecular complexity index is 542. The number of carbonyl (C=O) groups is 2. The van der Waals surface area contributed by atoms with Gasteiger partial charge in [0.2, 0.25) is 0 Å². The highest BCUT2D eigenvalue weighted by molar-refractivity contribution is 8.26. The largest absolute Gasteiger partial charge is 0.480 e. The second-order valence-corrected chi connectivity index (χ2v) is 5.12. The van der Waals surface area contributed by atoms with Crippen LogP contribution in [-0.4, -0.2) is 37.7 Å². The molecule has 0 aromatic carbocycles. The summed E-state index contributed by atoms with van der Waals surface area (Å²) in [7, 11) is 0. The van der Waals surface area contributed by atoms with Crippen LogP contribution in [0.25, 0.3) is 6.08 Å². The summed E-state index contributed by atoms with van der Waals surface area (Å²) < 4.78 is 0.262. The van der Waals surface area contributed by atoms with Gasteiger partial charge in [-0.3, -0.25) is 19.5 Å². The first-order valence-corrected chi connectivity index (χ1v) is 6.17. The topological polar surface area (TPSA) is 70.5 Å². The van der Waals surface area contributed by atoms with Gasteiger partial charge in [-0.25, -0.2) is 0 Å². The quantitative estimate of drug-likeness (QED) is 0.666. The highest BCUT2D eigenvalue weighted by atomic mass is 32.2. The molecule has 0 bridgehead atoms. The Kier molecular flexibility index (Phi) is 3.73. The number of rotatable bonds is 3. The van der Waals surface area contributed by atoms with Crippen molar-refractivity contribution >= 4 is 46.3 Å². The molecule has 0 atom stereocenters. The first-order chi connectivity index (χ1) is 8.58. The Labute approximate surface area is 113 Å². The van der Waals surface area contributed by atoms with Gasteiger partial charge in [-0.15, -0.1) is 0 Å². The van der Waals surface area contributed by atoms with Crippen molar-refractivity contribution in [3.05, 3.63) is 35.0 Å². The lowest BCUT2D eigenvalue weighted by Gasteiger charge is -2.10. The van der Waals surface area contributed by atoms with Crippen LogP contribution >= 0.6 is 24.0 Å². The highest BCUT2D eigenvalue weighted by Crippen LogP contribution is 2.32. The number of nitrogens with zero attached hydrogens (tertiary/aromatic N) is 2. The van der Waals surface area contributed by atoms with E-state index in [-0.39, 0.29) is 10.2 Å². The van der Waals surface area contributed by atoms with Gasteiger partial charge in [-0.2, -0.15) is 0 Å². The van der Waals surface area contributed by atoms with Gasteiger partial charge in [-0.1, -0.05) is 30.0 Å². The van der Waals surface area contributed by atoms with Gasteiger partial charge >= 0.3 is 5.97 Å². The normalized spacial score (nSPS) is 17.6. The molecule has 0 spiro atoms. The van der Waals surface area contributed by atoms with E-state index in [1.54, 1.807) is 30.6 Å². The minimum Gasteiger partial charge on any atom is -0.480 e. The van der Waals surface area contributed by atoms with Gasteiger partial charge in [0.05, 0.1) is 4.91 Å². The van der Waals surface area contributed by atoms with Gasteiger partial charge in [0.25, 0.3) is 5.91 Å². The fourth-order valence-corrected chi connectivity index (χ4v) is 2.64. The highest BCUT2D eigenvalue weighted by Gasteiger charge is 2.33. The summed E-state index contributed by atoms with van der Waals surface area (Å²) in [5, 5.41) is 8.69. The summed E-state index contributed by atoms with van der Waals surface area (Å²) in [6.07, 6.45) is 4.89. The molecule has 2 rings (SSSR count). The van der Waals surface area contributed by atoms with Gasteiger partial charge in [-0.05, 0) is 17.7 Å². The Morgan fingerprint density at radius 3 is 3.00 bits per heavy atom. The summed E-state index contributed by atoms with van der Waals surface area (Å²) in [6, 6.07) is 3.56. The van der Waals surface area contributed by atoms with E-state index in [4.69, 9.17) is 17.3 Å². The fraction of sp³-hybridized carbons (Fsp3) is 0.0909. The van der Waals surface area contributed by atoms with Gasteiger partial charge < -0.3 is 5.11 Å². The predicted octanol–water partition coefficient (Wildman–Crippen LogP) is 1.37. The summed E-state index contributed by atoms with van der Waals surface area (Å²) in [4.78, 5) is 28.0. The van der Waals surface area contributed by atoms with Crippen LogP contribution in [0.1, 0.15) is 5.56 Å². The van der Waals surface area contributed by atoms with E-state index in [9.17, 15) is 9.59 Å². The summed E-state index contributed by atoms with van der Waals surface area (Å²) in [5.41, 5.74) is 0.772. The summed E-state index contributed by atoms with van der Waals surface area (Å²) >= 11 is 6.07. The maximum Gasteiger partial charge on any atom is 0.323 e. The Balaban J connectivity index is 2.23. The number of carboxylic acids is 1. The molecule has 0 aliphatic carbocycles. The molecule has 0 unspecified atom stereocenters. The molecule has 1 aromatic heterocycles. The molecule has 1 saturated heterocycles. The number of carbonyl (C=O) groups excluding carboxylic acids is 1. The van der Waals surface area contributed by atoms with E-state index in [0.717, 1.165) is 22.2 Å². The molecule has 1 aliphatic heterocycles. The number of thioether (sulfide) groups is 1. The van der Waals surface area contributed by atoms with Crippen molar-refractivity contribution < 1.29 is 14.7 Å². The minimum atomic E-state index is -1.09. The minimum absolute atomic E-state index is 0.262. The average molecular weight is 280 g/mol. The SMILES string of the molecule is O=C(O)CN1C(=O)C(=Cc2cccnc2)SC1=S. The molecule has 1 amide bonds. The van der Waals surface area contributed by atoms with Crippen LogP contribution in [0.2, 0.25) is 0 Å². The molecule has 7 heteroatoms. The standard InChI is InChI=1S/C11H8N2O3S2/c14-9(15)6-13-10(16)8(18-11(13)17)4-7-2-1-3-12-5-7/h1-5H,6H2,(H,14,15). The lowest BCUT2D eigenvalue weighted by Crippen LogP contribution is -2.33. The summed E-state index contributed by atoms with van der Waals surface area (Å²) in [6.45, 7) is -0.408. The van der Waals surface area contributed by atoms with E-state index >= 15 is 0 Å². The third kappa shape index (κ3) is 2.74. The van der Waals surface area contributed by atoms with Gasteiger partial charge in [0, 0.05) is 12.4 Å². The maximum atomic E-state index is 11.9. The third-order valence-corrected chi connectivity index (χ3v) is 3.53. The van der Waals surface area contributed by atoms with Crippen LogP contribution in [0, 0.1) is 0 Å². The molecule has 0 saturated carbocycles. The average Bonchev–Trinajstić information content (AvgIpc) is 2.58. The van der Waals surface area contributed by atoms with Crippen molar-refractivity contribution in [3.8, 4) is 0 Å². The number of aliphatic carboxylic acids is 1. The van der Waals surface area contributed by atoms with E-state index in [1.165, 1.54) is 0 Å². The summed E-state index contributed by atoms with van der Waals surface area (Å²) in [5.74, 6) is -1.47. The molecule has 2 heterocycles. The Morgan fingerprint density at radius 1 is 1.61 bits per heavy atom.